The molecule has 0 radical (unpaired) electrons. The molecule has 1 fully saturated rings. The van der Waals surface area contributed by atoms with Gasteiger partial charge >= 0.3 is 12.1 Å². The van der Waals surface area contributed by atoms with Crippen LogP contribution in [0.4, 0.5) is 4.79 Å². The van der Waals surface area contributed by atoms with Gasteiger partial charge in [0.2, 0.25) is 7.37 Å². The van der Waals surface area contributed by atoms with Crippen molar-refractivity contribution in [2.45, 2.75) is 45.0 Å². The molecule has 1 heterocycles. The Morgan fingerprint density at radius 2 is 1.58 bits per heavy atom. The number of nitrogens with zero attached hydrogens (tertiary/aromatic N) is 1. The number of benzene rings is 2. The average Bonchev–Trinajstić information content (AvgIpc) is 2.88. The molecule has 2 aromatic rings. The Morgan fingerprint density at radius 3 is 2.19 bits per heavy atom. The molecular formula is C27H37N2O6P. The van der Waals surface area contributed by atoms with Gasteiger partial charge in [0.15, 0.2) is 0 Å². The summed E-state index contributed by atoms with van der Waals surface area (Å²) < 4.78 is 24.3. The molecule has 0 aromatic heterocycles. The first-order valence-corrected chi connectivity index (χ1v) is 14.5. The van der Waals surface area contributed by atoms with Crippen LogP contribution in [-0.2, 0) is 31.9 Å². The Balaban J connectivity index is 1.74. The van der Waals surface area contributed by atoms with E-state index >= 15 is 0 Å². The zero-order valence-corrected chi connectivity index (χ0v) is 21.8. The van der Waals surface area contributed by atoms with Crippen LogP contribution in [0.2, 0.25) is 0 Å². The summed E-state index contributed by atoms with van der Waals surface area (Å²) >= 11 is 0. The molecular weight excluding hydrogens is 479 g/mol. The highest BCUT2D eigenvalue weighted by molar-refractivity contribution is 7.58. The maximum Gasteiger partial charge on any atom is 0.408 e. The SMILES string of the molecule is CCOC(=O)C(CN1CCCCC1)CP(=O)(O)C(Cc1ccccc1)NC(=O)OCc1ccccc1. The van der Waals surface area contributed by atoms with Gasteiger partial charge < -0.3 is 24.6 Å². The summed E-state index contributed by atoms with van der Waals surface area (Å²) in [6, 6.07) is 18.4. The van der Waals surface area contributed by atoms with Gasteiger partial charge in [-0.2, -0.15) is 0 Å². The van der Waals surface area contributed by atoms with E-state index in [0.29, 0.717) is 6.54 Å². The largest absolute Gasteiger partial charge is 0.466 e. The normalized spacial score (nSPS) is 17.4. The number of alkyl carbamates (subject to hydrolysis) is 1. The highest BCUT2D eigenvalue weighted by atomic mass is 31.2. The van der Waals surface area contributed by atoms with Gasteiger partial charge in [0.25, 0.3) is 0 Å². The zero-order chi connectivity index (χ0) is 25.8. The van der Waals surface area contributed by atoms with Crippen LogP contribution in [0.3, 0.4) is 0 Å². The monoisotopic (exact) mass is 516 g/mol. The molecule has 9 heteroatoms. The van der Waals surface area contributed by atoms with Gasteiger partial charge in [-0.1, -0.05) is 67.1 Å². The van der Waals surface area contributed by atoms with Crippen LogP contribution in [0.5, 0.6) is 0 Å². The molecule has 3 unspecified atom stereocenters. The molecule has 1 saturated heterocycles. The number of nitrogens with one attached hydrogen (secondary N) is 1. The number of piperidine rings is 1. The fourth-order valence-electron chi connectivity index (χ4n) is 4.40. The van der Waals surface area contributed by atoms with Crippen molar-refractivity contribution < 1.29 is 28.5 Å². The summed E-state index contributed by atoms with van der Waals surface area (Å²) in [5.74, 6) is -2.36. The molecule has 0 saturated carbocycles. The standard InChI is InChI=1S/C27H37N2O6P/c1-2-34-26(30)24(19-29-16-10-5-11-17-29)21-36(32,33)25(18-22-12-6-3-7-13-22)28-27(31)35-20-23-14-8-4-9-15-23/h3-4,6-9,12-15,24-25H,2,5,10-11,16-21H2,1H3,(H,28,31)(H,32,33). The number of carbonyl (C=O) groups is 2. The molecule has 1 aliphatic heterocycles. The van der Waals surface area contributed by atoms with Crippen molar-refractivity contribution in [2.24, 2.45) is 5.92 Å². The van der Waals surface area contributed by atoms with Gasteiger partial charge in [0, 0.05) is 19.1 Å². The Kier molecular flexibility index (Phi) is 11.0. The molecule has 0 bridgehead atoms. The predicted molar refractivity (Wildman–Crippen MR) is 139 cm³/mol. The Hall–Kier alpha value is -2.67. The lowest BCUT2D eigenvalue weighted by Crippen LogP contribution is -2.42. The highest BCUT2D eigenvalue weighted by Crippen LogP contribution is 2.48. The van der Waals surface area contributed by atoms with Crippen molar-refractivity contribution >= 4 is 19.4 Å². The smallest absolute Gasteiger partial charge is 0.408 e. The molecule has 196 valence electrons. The number of hydrogen-bond donors (Lipinski definition) is 2. The van der Waals surface area contributed by atoms with Gasteiger partial charge in [0.1, 0.15) is 12.4 Å². The van der Waals surface area contributed by atoms with Gasteiger partial charge in [-0.25, -0.2) is 4.79 Å². The van der Waals surface area contributed by atoms with Crippen molar-refractivity contribution in [1.29, 1.82) is 0 Å². The number of carbonyl (C=O) groups excluding carboxylic acids is 2. The van der Waals surface area contributed by atoms with Crippen LogP contribution < -0.4 is 5.32 Å². The number of ether oxygens (including phenoxy) is 2. The summed E-state index contributed by atoms with van der Waals surface area (Å²) in [4.78, 5) is 38.8. The summed E-state index contributed by atoms with van der Waals surface area (Å²) in [5, 5.41) is 2.62. The van der Waals surface area contributed by atoms with E-state index < -0.39 is 31.1 Å². The quantitative estimate of drug-likeness (QED) is 0.318. The first-order valence-electron chi connectivity index (χ1n) is 12.6. The predicted octanol–water partition coefficient (Wildman–Crippen LogP) is 4.42. The topological polar surface area (TPSA) is 105 Å². The second-order valence-electron chi connectivity index (χ2n) is 9.16. The van der Waals surface area contributed by atoms with E-state index in [4.69, 9.17) is 9.47 Å². The lowest BCUT2D eigenvalue weighted by molar-refractivity contribution is -0.148. The van der Waals surface area contributed by atoms with Crippen LogP contribution in [0.1, 0.15) is 37.3 Å². The molecule has 2 N–H and O–H groups in total. The van der Waals surface area contributed by atoms with Gasteiger partial charge in [-0.15, -0.1) is 0 Å². The molecule has 1 aliphatic rings. The third-order valence-corrected chi connectivity index (χ3v) is 8.53. The van der Waals surface area contributed by atoms with Crippen molar-refractivity contribution in [2.75, 3.05) is 32.4 Å². The molecule has 2 aromatic carbocycles. The van der Waals surface area contributed by atoms with Crippen LogP contribution >= 0.6 is 7.37 Å². The lowest BCUT2D eigenvalue weighted by Gasteiger charge is -2.32. The minimum absolute atomic E-state index is 0.0425. The zero-order valence-electron chi connectivity index (χ0n) is 20.9. The highest BCUT2D eigenvalue weighted by Gasteiger charge is 2.39. The van der Waals surface area contributed by atoms with Crippen LogP contribution in [0.25, 0.3) is 0 Å². The third-order valence-electron chi connectivity index (χ3n) is 6.29. The van der Waals surface area contributed by atoms with E-state index in [9.17, 15) is 19.0 Å². The summed E-state index contributed by atoms with van der Waals surface area (Å²) in [6.07, 6.45) is 2.30. The second-order valence-corrected chi connectivity index (χ2v) is 11.7. The van der Waals surface area contributed by atoms with Gasteiger partial charge in [0.05, 0.1) is 12.5 Å². The third kappa shape index (κ3) is 9.08. The minimum Gasteiger partial charge on any atom is -0.466 e. The second kappa shape index (κ2) is 14.2. The average molecular weight is 517 g/mol. The van der Waals surface area contributed by atoms with E-state index in [2.05, 4.69) is 10.2 Å². The Morgan fingerprint density at radius 1 is 0.972 bits per heavy atom. The first kappa shape index (κ1) is 27.9. The Bertz CT molecular complexity index is 998. The minimum atomic E-state index is -4.06. The van der Waals surface area contributed by atoms with E-state index in [1.807, 2.05) is 60.7 Å². The molecule has 8 nitrogen and oxygen atoms in total. The number of rotatable bonds is 12. The molecule has 3 rings (SSSR count). The maximum atomic E-state index is 13.7. The van der Waals surface area contributed by atoms with E-state index in [-0.39, 0.29) is 25.8 Å². The molecule has 3 atom stereocenters. The van der Waals surface area contributed by atoms with E-state index in [0.717, 1.165) is 43.5 Å². The van der Waals surface area contributed by atoms with E-state index in [1.54, 1.807) is 6.92 Å². The van der Waals surface area contributed by atoms with Crippen molar-refractivity contribution in [3.05, 3.63) is 71.8 Å². The van der Waals surface area contributed by atoms with Crippen LogP contribution in [0.15, 0.2) is 60.7 Å². The van der Waals surface area contributed by atoms with Crippen LogP contribution in [-0.4, -0.2) is 60.0 Å². The number of esters is 1. The van der Waals surface area contributed by atoms with Gasteiger partial charge in [-0.05, 0) is 44.0 Å². The summed E-state index contributed by atoms with van der Waals surface area (Å²) in [5.41, 5.74) is 1.60. The number of likely N-dealkylation sites (tertiary alicyclic amines) is 1. The summed E-state index contributed by atoms with van der Waals surface area (Å²) in [7, 11) is -4.06. The van der Waals surface area contributed by atoms with Crippen molar-refractivity contribution in [3.8, 4) is 0 Å². The number of amides is 1. The van der Waals surface area contributed by atoms with E-state index in [1.165, 1.54) is 0 Å². The van der Waals surface area contributed by atoms with Gasteiger partial charge in [-0.3, -0.25) is 9.36 Å². The molecule has 1 amide bonds. The molecule has 0 spiro atoms. The molecule has 36 heavy (non-hydrogen) atoms. The fourth-order valence-corrected chi connectivity index (χ4v) is 6.35. The number of hydrogen-bond acceptors (Lipinski definition) is 6. The van der Waals surface area contributed by atoms with Crippen molar-refractivity contribution in [1.82, 2.24) is 10.2 Å². The first-order chi connectivity index (χ1) is 17.4. The lowest BCUT2D eigenvalue weighted by atomic mass is 10.1. The Labute approximate surface area is 213 Å². The molecule has 0 aliphatic carbocycles. The fraction of sp³-hybridized carbons (Fsp3) is 0.481. The summed E-state index contributed by atoms with van der Waals surface area (Å²) in [6.45, 7) is 4.02. The maximum absolute atomic E-state index is 13.7. The van der Waals surface area contributed by atoms with Crippen molar-refractivity contribution in [3.63, 3.8) is 0 Å². The van der Waals surface area contributed by atoms with Crippen LogP contribution in [0, 0.1) is 5.92 Å².